The molecule has 0 saturated carbocycles. The van der Waals surface area contributed by atoms with Crippen LogP contribution >= 0.6 is 23.1 Å². The van der Waals surface area contributed by atoms with E-state index < -0.39 is 41.3 Å². The molecule has 29 heavy (non-hydrogen) atoms. The summed E-state index contributed by atoms with van der Waals surface area (Å²) < 4.78 is 0. The monoisotopic (exact) mass is 451 g/mol. The van der Waals surface area contributed by atoms with Crippen molar-refractivity contribution in [3.8, 4) is 0 Å². The first-order valence-electron chi connectivity index (χ1n) is 7.79. The van der Waals surface area contributed by atoms with Gasteiger partial charge in [0.15, 0.2) is 10.8 Å². The minimum atomic E-state index is -1.56. The van der Waals surface area contributed by atoms with Crippen molar-refractivity contribution in [1.82, 2.24) is 15.2 Å². The summed E-state index contributed by atoms with van der Waals surface area (Å²) in [5.41, 5.74) is -0.0992. The fourth-order valence-corrected chi connectivity index (χ4v) is 4.84. The number of aliphatic carboxylic acids is 1. The molecule has 2 aliphatic heterocycles. The summed E-state index contributed by atoms with van der Waals surface area (Å²) in [4.78, 5) is 56.3. The molecular formula is C14H14N5NaO7S2. The number of nitrogens with zero attached hydrogens (tertiary/aromatic N) is 3. The van der Waals surface area contributed by atoms with E-state index in [-0.39, 0.29) is 51.8 Å². The van der Waals surface area contributed by atoms with E-state index in [4.69, 9.17) is 0 Å². The average Bonchev–Trinajstić information content (AvgIpc) is 3.12. The van der Waals surface area contributed by atoms with Crippen molar-refractivity contribution in [2.45, 2.75) is 23.6 Å². The van der Waals surface area contributed by atoms with Crippen LogP contribution in [0.15, 0.2) is 10.5 Å². The van der Waals surface area contributed by atoms with Gasteiger partial charge in [0.2, 0.25) is 12.3 Å². The zero-order valence-electron chi connectivity index (χ0n) is 15.2. The van der Waals surface area contributed by atoms with Crippen LogP contribution in [0.25, 0.3) is 0 Å². The summed E-state index contributed by atoms with van der Waals surface area (Å²) in [5, 5.41) is 30.5. The molecule has 0 radical (unpaired) electrons. The summed E-state index contributed by atoms with van der Waals surface area (Å²) >= 11 is 2.20. The van der Waals surface area contributed by atoms with E-state index in [1.54, 1.807) is 0 Å². The summed E-state index contributed by atoms with van der Waals surface area (Å²) in [6, 6.07) is -2.46. The van der Waals surface area contributed by atoms with Gasteiger partial charge in [0, 0.05) is 11.1 Å². The maximum absolute atomic E-state index is 12.6. The quantitative estimate of drug-likeness (QED) is 0.120. The molecule has 150 valence electrons. The van der Waals surface area contributed by atoms with Gasteiger partial charge in [-0.25, -0.2) is 4.98 Å². The Kier molecular flexibility index (Phi) is 8.02. The van der Waals surface area contributed by atoms with Crippen LogP contribution in [0.1, 0.15) is 5.69 Å². The number of carboxylic acid groups (broad SMARTS) is 1. The van der Waals surface area contributed by atoms with Crippen LogP contribution in [0.3, 0.4) is 0 Å². The van der Waals surface area contributed by atoms with Crippen molar-refractivity contribution in [3.05, 3.63) is 11.1 Å². The molecule has 15 heteroatoms. The second kappa shape index (κ2) is 9.86. The van der Waals surface area contributed by atoms with E-state index in [1.165, 1.54) is 12.5 Å². The molecule has 3 unspecified atom stereocenters. The third kappa shape index (κ3) is 4.57. The fourth-order valence-electron chi connectivity index (χ4n) is 2.84. The van der Waals surface area contributed by atoms with Gasteiger partial charge >= 0.3 is 29.6 Å². The Morgan fingerprint density at radius 2 is 2.24 bits per heavy atom. The largest absolute Gasteiger partial charge is 1.00 e. The summed E-state index contributed by atoms with van der Waals surface area (Å²) in [6.07, 6.45) is -0.823. The first-order chi connectivity index (χ1) is 13.4. The Bertz CT molecular complexity index is 850. The molecule has 3 N–H and O–H groups in total. The Balaban J connectivity index is 0.00000300. The average molecular weight is 451 g/mol. The topological polar surface area (TPSA) is 173 Å². The van der Waals surface area contributed by atoms with E-state index >= 15 is 0 Å². The van der Waals surface area contributed by atoms with Gasteiger partial charge in [-0.2, -0.15) is 0 Å². The summed E-state index contributed by atoms with van der Waals surface area (Å²) in [7, 11) is 1.23. The van der Waals surface area contributed by atoms with Gasteiger partial charge < -0.3 is 35.4 Å². The predicted molar refractivity (Wildman–Crippen MR) is 95.2 cm³/mol. The minimum Gasteiger partial charge on any atom is -0.548 e. The zero-order valence-corrected chi connectivity index (χ0v) is 18.9. The van der Waals surface area contributed by atoms with Crippen molar-refractivity contribution >= 4 is 58.1 Å². The van der Waals surface area contributed by atoms with Crippen molar-refractivity contribution < 1.29 is 63.8 Å². The number of rotatable bonds is 7. The van der Waals surface area contributed by atoms with E-state index in [2.05, 4.69) is 25.6 Å². The van der Waals surface area contributed by atoms with Crippen molar-refractivity contribution in [2.75, 3.05) is 18.2 Å². The van der Waals surface area contributed by atoms with E-state index in [0.717, 1.165) is 28.0 Å². The van der Waals surface area contributed by atoms with Crippen molar-refractivity contribution in [2.24, 2.45) is 5.16 Å². The van der Waals surface area contributed by atoms with Crippen molar-refractivity contribution in [3.63, 3.8) is 0 Å². The van der Waals surface area contributed by atoms with Gasteiger partial charge in [-0.1, -0.05) is 5.16 Å². The number of fused-ring (bicyclic) bond motifs is 1. The number of hydrogen-bond acceptors (Lipinski definition) is 11. The normalized spacial score (nSPS) is 25.8. The van der Waals surface area contributed by atoms with Crippen LogP contribution in [0.4, 0.5) is 5.13 Å². The predicted octanol–water partition coefficient (Wildman–Crippen LogP) is -6.05. The van der Waals surface area contributed by atoms with Crippen molar-refractivity contribution in [1.29, 1.82) is 0 Å². The van der Waals surface area contributed by atoms with Gasteiger partial charge in [0.25, 0.3) is 5.91 Å². The molecule has 0 spiro atoms. The van der Waals surface area contributed by atoms with Crippen LogP contribution in [0.2, 0.25) is 0 Å². The maximum Gasteiger partial charge on any atom is 1.00 e. The number of anilines is 1. The second-order valence-corrected chi connectivity index (χ2v) is 7.68. The van der Waals surface area contributed by atoms with Crippen LogP contribution in [-0.4, -0.2) is 81.3 Å². The Morgan fingerprint density at radius 3 is 2.86 bits per heavy atom. The molecule has 0 aromatic carbocycles. The Labute approximate surface area is 194 Å². The van der Waals surface area contributed by atoms with Gasteiger partial charge in [-0.3, -0.25) is 14.4 Å². The first-order valence-corrected chi connectivity index (χ1v) is 9.72. The number of aliphatic hydroxyl groups is 1. The fraction of sp³-hybridized carbons (Fsp3) is 0.429. The standard InChI is InChI=1S/C14H15N5O7S2.Na/c1-26-18-7(5-2-28-14(16-5)15-4-20)10(22)17-8-11(23)19-9(13(24)25)6(21)3-27-12(8)19;/h2,4,6,8-9,12,21H,3H2,1H3,(H,17,22)(H,24,25)(H,15,16,20);/q;+1/p-1/t6?,8?,9?,12-;/m0./s1. The number of hydrogen-bond donors (Lipinski definition) is 3. The SMILES string of the molecule is CON=C(C(=O)NC1C(=O)N2C(C(=O)[O-])C(O)CS[C@@H]12)c1csc(NC=O)n1.[Na+]. The number of amides is 3. The summed E-state index contributed by atoms with van der Waals surface area (Å²) in [5.74, 6) is -2.91. The molecule has 0 bridgehead atoms. The zero-order chi connectivity index (χ0) is 20.4. The number of nitrogens with one attached hydrogen (secondary N) is 2. The number of β-lactam (4-membered cyclic amide) rings is 1. The molecule has 2 fully saturated rings. The number of oxime groups is 1. The van der Waals surface area contributed by atoms with Crippen LogP contribution in [-0.2, 0) is 24.0 Å². The number of aliphatic hydroxyl groups excluding tert-OH is 1. The first kappa shape index (κ1) is 23.6. The number of aromatic nitrogens is 1. The molecule has 3 amide bonds. The number of carboxylic acids is 1. The molecular weight excluding hydrogens is 437 g/mol. The molecule has 4 atom stereocenters. The third-order valence-electron chi connectivity index (χ3n) is 4.04. The molecule has 3 heterocycles. The maximum atomic E-state index is 12.6. The number of carbonyl (C=O) groups excluding carboxylic acids is 4. The molecule has 0 aliphatic carbocycles. The Morgan fingerprint density at radius 1 is 1.52 bits per heavy atom. The number of thiazole rings is 1. The van der Waals surface area contributed by atoms with E-state index in [1.807, 2.05) is 0 Å². The minimum absolute atomic E-state index is 0. The van der Waals surface area contributed by atoms with Crippen LogP contribution in [0, 0.1) is 0 Å². The van der Waals surface area contributed by atoms with Gasteiger partial charge in [-0.05, 0) is 0 Å². The van der Waals surface area contributed by atoms with Crippen LogP contribution in [0.5, 0.6) is 0 Å². The molecule has 2 saturated heterocycles. The molecule has 2 aliphatic rings. The number of carbonyl (C=O) groups is 4. The number of thioether (sulfide) groups is 1. The molecule has 12 nitrogen and oxygen atoms in total. The van der Waals surface area contributed by atoms with E-state index in [9.17, 15) is 29.4 Å². The molecule has 1 aromatic heterocycles. The third-order valence-corrected chi connectivity index (χ3v) is 6.18. The van der Waals surface area contributed by atoms with Gasteiger partial charge in [0.05, 0.1) is 18.1 Å². The second-order valence-electron chi connectivity index (χ2n) is 5.67. The smallest absolute Gasteiger partial charge is 0.548 e. The van der Waals surface area contributed by atoms with Gasteiger partial charge in [-0.15, -0.1) is 23.1 Å². The van der Waals surface area contributed by atoms with Crippen LogP contribution < -0.4 is 45.3 Å². The van der Waals surface area contributed by atoms with Gasteiger partial charge in [0.1, 0.15) is 24.2 Å². The molecule has 1 aromatic rings. The Hall–Kier alpha value is -1.71. The summed E-state index contributed by atoms with van der Waals surface area (Å²) in [6.45, 7) is 0. The van der Waals surface area contributed by atoms with E-state index in [0.29, 0.717) is 6.41 Å². The molecule has 3 rings (SSSR count).